The number of esters is 1. The number of rotatable bonds is 4. The molecule has 3 fully saturated rings. The van der Waals surface area contributed by atoms with Crippen LogP contribution in [0.4, 0.5) is 5.69 Å². The Balaban J connectivity index is 1.35. The second kappa shape index (κ2) is 6.59. The van der Waals surface area contributed by atoms with Crippen LogP contribution in [-0.4, -0.2) is 17.8 Å². The summed E-state index contributed by atoms with van der Waals surface area (Å²) in [6, 6.07) is 16.1. The molecule has 2 amide bonds. The topological polar surface area (TPSA) is 63.7 Å². The number of hydrogen-bond donors (Lipinski definition) is 0. The molecule has 142 valence electrons. The van der Waals surface area contributed by atoms with Gasteiger partial charge in [0.25, 0.3) is 0 Å². The summed E-state index contributed by atoms with van der Waals surface area (Å²) in [6.07, 6.45) is 3.10. The van der Waals surface area contributed by atoms with E-state index in [-0.39, 0.29) is 30.3 Å². The highest BCUT2D eigenvalue weighted by atomic mass is 16.5. The molecule has 28 heavy (non-hydrogen) atoms. The van der Waals surface area contributed by atoms with Gasteiger partial charge in [0.1, 0.15) is 6.61 Å². The van der Waals surface area contributed by atoms with Crippen molar-refractivity contribution in [3.63, 3.8) is 0 Å². The number of amides is 2. The van der Waals surface area contributed by atoms with Crippen molar-refractivity contribution in [1.82, 2.24) is 0 Å². The maximum Gasteiger partial charge on any atom is 0.338 e. The molecule has 2 saturated carbocycles. The monoisotopic (exact) mass is 375 g/mol. The molecule has 3 aliphatic rings. The van der Waals surface area contributed by atoms with Gasteiger partial charge in [-0.2, -0.15) is 0 Å². The third-order valence-electron chi connectivity index (χ3n) is 6.48. The molecule has 0 spiro atoms. The summed E-state index contributed by atoms with van der Waals surface area (Å²) in [5.74, 6) is -0.315. The zero-order valence-electron chi connectivity index (χ0n) is 15.4. The van der Waals surface area contributed by atoms with Gasteiger partial charge in [0, 0.05) is 0 Å². The largest absolute Gasteiger partial charge is 0.457 e. The molecule has 2 aromatic carbocycles. The van der Waals surface area contributed by atoms with E-state index in [1.165, 1.54) is 4.90 Å². The first kappa shape index (κ1) is 17.2. The lowest BCUT2D eigenvalue weighted by Crippen LogP contribution is -2.32. The van der Waals surface area contributed by atoms with Crippen LogP contribution in [-0.2, 0) is 20.9 Å². The number of benzene rings is 2. The van der Waals surface area contributed by atoms with Crippen LogP contribution >= 0.6 is 0 Å². The minimum Gasteiger partial charge on any atom is -0.457 e. The molecule has 2 aromatic rings. The quantitative estimate of drug-likeness (QED) is 0.605. The number of ether oxygens (including phenoxy) is 1. The molecule has 2 bridgehead atoms. The van der Waals surface area contributed by atoms with E-state index in [1.54, 1.807) is 24.3 Å². The van der Waals surface area contributed by atoms with E-state index in [0.717, 1.165) is 24.8 Å². The van der Waals surface area contributed by atoms with Crippen molar-refractivity contribution >= 4 is 23.5 Å². The molecule has 5 rings (SSSR count). The molecule has 2 aliphatic carbocycles. The molecular formula is C23H21NO4. The Morgan fingerprint density at radius 3 is 2.29 bits per heavy atom. The van der Waals surface area contributed by atoms with E-state index in [9.17, 15) is 14.4 Å². The van der Waals surface area contributed by atoms with E-state index in [4.69, 9.17) is 4.74 Å². The molecule has 0 radical (unpaired) electrons. The molecule has 0 N–H and O–H groups in total. The summed E-state index contributed by atoms with van der Waals surface area (Å²) >= 11 is 0. The smallest absolute Gasteiger partial charge is 0.338 e. The molecule has 0 unspecified atom stereocenters. The van der Waals surface area contributed by atoms with Gasteiger partial charge in [0.05, 0.1) is 23.1 Å². The molecule has 5 nitrogen and oxygen atoms in total. The Bertz CT molecular complexity index is 926. The average Bonchev–Trinajstić information content (AvgIpc) is 3.41. The Kier molecular flexibility index (Phi) is 4.04. The van der Waals surface area contributed by atoms with Crippen LogP contribution in [0.3, 0.4) is 0 Å². The summed E-state index contributed by atoms with van der Waals surface area (Å²) < 4.78 is 5.38. The summed E-state index contributed by atoms with van der Waals surface area (Å²) in [7, 11) is 0. The van der Waals surface area contributed by atoms with Crippen LogP contribution in [0.2, 0.25) is 0 Å². The van der Waals surface area contributed by atoms with Gasteiger partial charge in [0.15, 0.2) is 0 Å². The predicted octanol–water partition coefficient (Wildman–Crippen LogP) is 3.58. The first-order valence-corrected chi connectivity index (χ1v) is 9.82. The Hall–Kier alpha value is -2.95. The molecule has 4 atom stereocenters. The summed E-state index contributed by atoms with van der Waals surface area (Å²) in [4.78, 5) is 39.7. The fourth-order valence-corrected chi connectivity index (χ4v) is 5.24. The lowest BCUT2D eigenvalue weighted by molar-refractivity contribution is -0.123. The Morgan fingerprint density at radius 2 is 1.61 bits per heavy atom. The fourth-order valence-electron chi connectivity index (χ4n) is 5.24. The number of nitrogens with zero attached hydrogens (tertiary/aromatic N) is 1. The molecule has 1 aliphatic heterocycles. The van der Waals surface area contributed by atoms with Crippen LogP contribution in [0, 0.1) is 23.7 Å². The van der Waals surface area contributed by atoms with Gasteiger partial charge >= 0.3 is 5.97 Å². The van der Waals surface area contributed by atoms with Crippen LogP contribution in [0.25, 0.3) is 0 Å². The van der Waals surface area contributed by atoms with Crippen molar-refractivity contribution in [2.24, 2.45) is 23.7 Å². The molecule has 1 saturated heterocycles. The van der Waals surface area contributed by atoms with Crippen molar-refractivity contribution in [1.29, 1.82) is 0 Å². The number of carbonyl (C=O) groups excluding carboxylic acids is 3. The molecule has 0 aromatic heterocycles. The normalized spacial score (nSPS) is 27.9. The van der Waals surface area contributed by atoms with E-state index in [0.29, 0.717) is 23.1 Å². The van der Waals surface area contributed by atoms with Crippen molar-refractivity contribution in [3.8, 4) is 0 Å². The SMILES string of the molecule is O=C(OCc1ccccc1)c1cccc(N2C(=O)[C@@H]3[C@H]4CC[C@@H](C4)[C@H]3C2=O)c1. The van der Waals surface area contributed by atoms with Gasteiger partial charge < -0.3 is 4.74 Å². The van der Waals surface area contributed by atoms with Crippen molar-refractivity contribution in [2.45, 2.75) is 25.9 Å². The van der Waals surface area contributed by atoms with Gasteiger partial charge in [0.2, 0.25) is 11.8 Å². The van der Waals surface area contributed by atoms with Gasteiger partial charge in [-0.1, -0.05) is 36.4 Å². The minimum atomic E-state index is -0.468. The van der Waals surface area contributed by atoms with Crippen LogP contribution in [0.15, 0.2) is 54.6 Å². The van der Waals surface area contributed by atoms with Crippen molar-refractivity contribution in [3.05, 3.63) is 65.7 Å². The Morgan fingerprint density at radius 1 is 0.929 bits per heavy atom. The number of imide groups is 1. The summed E-state index contributed by atoms with van der Waals surface area (Å²) in [6.45, 7) is 0.180. The van der Waals surface area contributed by atoms with E-state index in [1.807, 2.05) is 30.3 Å². The predicted molar refractivity (Wildman–Crippen MR) is 102 cm³/mol. The molecule has 5 heteroatoms. The summed E-state index contributed by atoms with van der Waals surface area (Å²) in [5, 5.41) is 0. The lowest BCUT2D eigenvalue weighted by Gasteiger charge is -2.19. The van der Waals surface area contributed by atoms with Crippen LogP contribution in [0.5, 0.6) is 0 Å². The van der Waals surface area contributed by atoms with Crippen LogP contribution in [0.1, 0.15) is 35.2 Å². The zero-order valence-corrected chi connectivity index (χ0v) is 15.4. The number of fused-ring (bicyclic) bond motifs is 5. The van der Waals surface area contributed by atoms with E-state index in [2.05, 4.69) is 0 Å². The molecular weight excluding hydrogens is 354 g/mol. The number of hydrogen-bond acceptors (Lipinski definition) is 4. The highest BCUT2D eigenvalue weighted by molar-refractivity contribution is 6.22. The van der Waals surface area contributed by atoms with E-state index >= 15 is 0 Å². The molecule has 1 heterocycles. The van der Waals surface area contributed by atoms with Gasteiger partial charge in [-0.05, 0) is 54.9 Å². The fraction of sp³-hybridized carbons (Fsp3) is 0.348. The minimum absolute atomic E-state index is 0.1000. The third kappa shape index (κ3) is 2.65. The van der Waals surface area contributed by atoms with Crippen molar-refractivity contribution < 1.29 is 19.1 Å². The van der Waals surface area contributed by atoms with Crippen LogP contribution < -0.4 is 4.90 Å². The lowest BCUT2D eigenvalue weighted by atomic mass is 9.81. The third-order valence-corrected chi connectivity index (χ3v) is 6.48. The first-order valence-electron chi connectivity index (χ1n) is 9.82. The number of carbonyl (C=O) groups is 3. The van der Waals surface area contributed by atoms with Gasteiger partial charge in [-0.3, -0.25) is 14.5 Å². The number of anilines is 1. The second-order valence-corrected chi connectivity index (χ2v) is 8.01. The zero-order chi connectivity index (χ0) is 19.3. The Labute approximate surface area is 163 Å². The van der Waals surface area contributed by atoms with Gasteiger partial charge in [-0.25, -0.2) is 4.79 Å². The highest BCUT2D eigenvalue weighted by Crippen LogP contribution is 2.56. The standard InChI is InChI=1S/C23H21NO4/c25-21-19-15-9-10-16(11-15)20(19)22(26)24(21)18-8-4-7-17(12-18)23(27)28-13-14-5-2-1-3-6-14/h1-8,12,15-16,19-20H,9-11,13H2/t15-,16-,19+,20+/m0/s1. The van der Waals surface area contributed by atoms with E-state index < -0.39 is 5.97 Å². The van der Waals surface area contributed by atoms with Crippen molar-refractivity contribution in [2.75, 3.05) is 4.90 Å². The highest BCUT2D eigenvalue weighted by Gasteiger charge is 2.61. The van der Waals surface area contributed by atoms with Gasteiger partial charge in [-0.15, -0.1) is 0 Å². The maximum absolute atomic E-state index is 13.0. The first-order chi connectivity index (χ1) is 13.6. The second-order valence-electron chi connectivity index (χ2n) is 8.01. The summed E-state index contributed by atoms with van der Waals surface area (Å²) in [5.41, 5.74) is 1.72. The maximum atomic E-state index is 13.0. The average molecular weight is 375 g/mol.